The van der Waals surface area contributed by atoms with Crippen molar-refractivity contribution < 1.29 is 0 Å². The maximum Gasteiger partial charge on any atom is 0.0537 e. The second kappa shape index (κ2) is 7.06. The molecule has 0 radical (unpaired) electrons. The topological polar surface area (TPSA) is 33.1 Å². The van der Waals surface area contributed by atoms with Crippen LogP contribution in [0.4, 0.5) is 0 Å². The van der Waals surface area contributed by atoms with E-state index in [9.17, 15) is 0 Å². The third-order valence-electron chi connectivity index (χ3n) is 4.18. The molecule has 19 heavy (non-hydrogen) atoms. The molecule has 0 saturated carbocycles. The fourth-order valence-electron chi connectivity index (χ4n) is 3.03. The number of nitrogens with zero attached hydrogens (tertiary/aromatic N) is 3. The number of aryl methyl sites for hydroxylation is 1. The van der Waals surface area contributed by atoms with Gasteiger partial charge in [-0.3, -0.25) is 9.58 Å². The lowest BCUT2D eigenvalue weighted by Gasteiger charge is -2.38. The smallest absolute Gasteiger partial charge is 0.0537 e. The molecular weight excluding hydrogens is 236 g/mol. The van der Waals surface area contributed by atoms with E-state index in [2.05, 4.69) is 42.3 Å². The molecule has 0 amide bonds. The highest BCUT2D eigenvalue weighted by Crippen LogP contribution is 2.25. The van der Waals surface area contributed by atoms with Gasteiger partial charge in [-0.1, -0.05) is 6.92 Å². The molecule has 2 rings (SSSR count). The van der Waals surface area contributed by atoms with Crippen LogP contribution >= 0.6 is 0 Å². The van der Waals surface area contributed by atoms with Gasteiger partial charge in [-0.05, 0) is 46.2 Å². The lowest BCUT2D eigenvalue weighted by Crippen LogP contribution is -2.47. The minimum absolute atomic E-state index is 0.463. The van der Waals surface area contributed by atoms with Crippen LogP contribution in [-0.2, 0) is 6.54 Å². The first-order chi connectivity index (χ1) is 9.26. The number of nitrogens with one attached hydrogen (secondary N) is 1. The van der Waals surface area contributed by atoms with Gasteiger partial charge >= 0.3 is 0 Å². The van der Waals surface area contributed by atoms with Crippen LogP contribution in [0, 0.1) is 0 Å². The normalized spacial score (nSPS) is 21.8. The Balaban J connectivity index is 2.08. The molecule has 2 heterocycles. The summed E-state index contributed by atoms with van der Waals surface area (Å²) < 4.78 is 2.02. The molecule has 0 spiro atoms. The van der Waals surface area contributed by atoms with Gasteiger partial charge in [0.1, 0.15) is 0 Å². The van der Waals surface area contributed by atoms with E-state index in [-0.39, 0.29) is 0 Å². The van der Waals surface area contributed by atoms with Crippen LogP contribution in [0.15, 0.2) is 12.4 Å². The van der Waals surface area contributed by atoms with Gasteiger partial charge < -0.3 is 5.32 Å². The maximum atomic E-state index is 4.42. The fourth-order valence-corrected chi connectivity index (χ4v) is 3.03. The zero-order valence-corrected chi connectivity index (χ0v) is 12.6. The molecule has 2 atom stereocenters. The molecule has 1 N–H and O–H groups in total. The summed E-state index contributed by atoms with van der Waals surface area (Å²) in [6.07, 6.45) is 8.06. The quantitative estimate of drug-likeness (QED) is 0.856. The summed E-state index contributed by atoms with van der Waals surface area (Å²) in [6, 6.07) is 1.14. The van der Waals surface area contributed by atoms with E-state index in [1.54, 1.807) is 0 Å². The molecule has 4 nitrogen and oxygen atoms in total. The number of hydrogen-bond acceptors (Lipinski definition) is 3. The zero-order chi connectivity index (χ0) is 13.7. The van der Waals surface area contributed by atoms with Crippen molar-refractivity contribution in [2.45, 2.75) is 58.7 Å². The minimum Gasteiger partial charge on any atom is -0.315 e. The van der Waals surface area contributed by atoms with Gasteiger partial charge in [0, 0.05) is 36.9 Å². The Morgan fingerprint density at radius 3 is 2.95 bits per heavy atom. The average molecular weight is 264 g/mol. The van der Waals surface area contributed by atoms with Gasteiger partial charge in [-0.25, -0.2) is 0 Å². The van der Waals surface area contributed by atoms with Crippen molar-refractivity contribution >= 4 is 0 Å². The molecule has 1 aliphatic rings. The van der Waals surface area contributed by atoms with Gasteiger partial charge in [-0.2, -0.15) is 5.10 Å². The largest absolute Gasteiger partial charge is 0.315 e. The third kappa shape index (κ3) is 3.57. The van der Waals surface area contributed by atoms with Crippen LogP contribution < -0.4 is 5.32 Å². The number of rotatable bonds is 6. The summed E-state index contributed by atoms with van der Waals surface area (Å²) in [5, 5.41) is 7.95. The molecule has 0 bridgehead atoms. The molecule has 2 unspecified atom stereocenters. The first-order valence-corrected chi connectivity index (χ1v) is 7.75. The predicted octanol–water partition coefficient (Wildman–Crippen LogP) is 2.43. The highest BCUT2D eigenvalue weighted by molar-refractivity contribution is 5.10. The van der Waals surface area contributed by atoms with E-state index in [1.165, 1.54) is 37.9 Å². The monoisotopic (exact) mass is 264 g/mol. The molecule has 4 heteroatoms. The second-order valence-electron chi connectivity index (χ2n) is 5.54. The van der Waals surface area contributed by atoms with Crippen molar-refractivity contribution in [3.8, 4) is 0 Å². The van der Waals surface area contributed by atoms with E-state index in [0.29, 0.717) is 12.1 Å². The molecule has 1 fully saturated rings. The van der Waals surface area contributed by atoms with Crippen molar-refractivity contribution in [3.63, 3.8) is 0 Å². The van der Waals surface area contributed by atoms with Gasteiger partial charge in [0.15, 0.2) is 0 Å². The number of aromatic nitrogens is 2. The summed E-state index contributed by atoms with van der Waals surface area (Å²) in [6.45, 7) is 11.2. The van der Waals surface area contributed by atoms with Crippen LogP contribution in [0.3, 0.4) is 0 Å². The Kier molecular flexibility index (Phi) is 5.40. The second-order valence-corrected chi connectivity index (χ2v) is 5.54. The minimum atomic E-state index is 0.463. The third-order valence-corrected chi connectivity index (χ3v) is 4.18. The van der Waals surface area contributed by atoms with E-state index in [0.717, 1.165) is 13.1 Å². The summed E-state index contributed by atoms with van der Waals surface area (Å²) in [5.41, 5.74) is 1.35. The molecule has 0 aliphatic carbocycles. The lowest BCUT2D eigenvalue weighted by molar-refractivity contribution is 0.120. The van der Waals surface area contributed by atoms with Crippen LogP contribution in [0.25, 0.3) is 0 Å². The lowest BCUT2D eigenvalue weighted by atomic mass is 10.0. The standard InChI is InChI=1S/C15H28N4/c1-4-9-19(15-7-6-8-16-11-15)13(3)14-10-17-18(5-2)12-14/h10,12-13,15-16H,4-9,11H2,1-3H3. The van der Waals surface area contributed by atoms with Crippen LogP contribution in [0.1, 0.15) is 51.6 Å². The fraction of sp³-hybridized carbons (Fsp3) is 0.800. The first kappa shape index (κ1) is 14.5. The van der Waals surface area contributed by atoms with Gasteiger partial charge in [-0.15, -0.1) is 0 Å². The number of piperidine rings is 1. The molecule has 1 saturated heterocycles. The Hall–Kier alpha value is -0.870. The van der Waals surface area contributed by atoms with Crippen molar-refractivity contribution in [2.24, 2.45) is 0 Å². The van der Waals surface area contributed by atoms with E-state index < -0.39 is 0 Å². The molecule has 108 valence electrons. The highest BCUT2D eigenvalue weighted by Gasteiger charge is 2.25. The van der Waals surface area contributed by atoms with Crippen molar-refractivity contribution in [1.82, 2.24) is 20.0 Å². The highest BCUT2D eigenvalue weighted by atomic mass is 15.3. The predicted molar refractivity (Wildman–Crippen MR) is 79.2 cm³/mol. The van der Waals surface area contributed by atoms with Crippen LogP contribution in [0.5, 0.6) is 0 Å². The molecule has 0 aromatic carbocycles. The first-order valence-electron chi connectivity index (χ1n) is 7.75. The Morgan fingerprint density at radius 1 is 1.53 bits per heavy atom. The molecule has 1 aromatic rings. The Labute approximate surface area is 117 Å². The molecule has 1 aliphatic heterocycles. The Bertz CT molecular complexity index is 368. The van der Waals surface area contributed by atoms with Crippen LogP contribution in [0.2, 0.25) is 0 Å². The van der Waals surface area contributed by atoms with Crippen LogP contribution in [-0.4, -0.2) is 40.4 Å². The summed E-state index contributed by atoms with van der Waals surface area (Å²) in [5.74, 6) is 0. The molecular formula is C15H28N4. The summed E-state index contributed by atoms with van der Waals surface area (Å²) >= 11 is 0. The van der Waals surface area contributed by atoms with Crippen molar-refractivity contribution in [1.29, 1.82) is 0 Å². The Morgan fingerprint density at radius 2 is 2.37 bits per heavy atom. The van der Waals surface area contributed by atoms with Crippen molar-refractivity contribution in [3.05, 3.63) is 18.0 Å². The zero-order valence-electron chi connectivity index (χ0n) is 12.6. The summed E-state index contributed by atoms with van der Waals surface area (Å²) in [4.78, 5) is 2.66. The van der Waals surface area contributed by atoms with E-state index in [1.807, 2.05) is 10.9 Å². The maximum absolute atomic E-state index is 4.42. The van der Waals surface area contributed by atoms with E-state index >= 15 is 0 Å². The van der Waals surface area contributed by atoms with Gasteiger partial charge in [0.2, 0.25) is 0 Å². The SMILES string of the molecule is CCCN(C1CCCNC1)C(C)c1cnn(CC)c1. The van der Waals surface area contributed by atoms with Gasteiger partial charge in [0.25, 0.3) is 0 Å². The van der Waals surface area contributed by atoms with E-state index in [4.69, 9.17) is 0 Å². The van der Waals surface area contributed by atoms with Crippen molar-refractivity contribution in [2.75, 3.05) is 19.6 Å². The summed E-state index contributed by atoms with van der Waals surface area (Å²) in [7, 11) is 0. The van der Waals surface area contributed by atoms with Gasteiger partial charge in [0.05, 0.1) is 6.20 Å². The number of hydrogen-bond donors (Lipinski definition) is 1. The molecule has 1 aromatic heterocycles. The average Bonchev–Trinajstić information content (AvgIpc) is 2.94.